The first-order valence-corrected chi connectivity index (χ1v) is 11.3. The van der Waals surface area contributed by atoms with E-state index in [0.29, 0.717) is 24.5 Å². The summed E-state index contributed by atoms with van der Waals surface area (Å²) in [5.41, 5.74) is 0.881. The van der Waals surface area contributed by atoms with E-state index in [0.717, 1.165) is 22.1 Å². The Morgan fingerprint density at radius 3 is 2.71 bits per heavy atom. The van der Waals surface area contributed by atoms with E-state index in [1.165, 1.54) is 11.8 Å². The predicted molar refractivity (Wildman–Crippen MR) is 119 cm³/mol. The number of hydrogen-bond acceptors (Lipinski definition) is 7. The van der Waals surface area contributed by atoms with Crippen molar-refractivity contribution >= 4 is 34.4 Å². The number of unbranched alkanes of at least 4 members (excludes halogenated alkanes) is 1. The highest BCUT2D eigenvalue weighted by molar-refractivity contribution is 7.99. The second-order valence-corrected chi connectivity index (χ2v) is 8.45. The van der Waals surface area contributed by atoms with Gasteiger partial charge in [-0.25, -0.2) is 4.79 Å². The molecular weight excluding hydrogens is 420 g/mol. The Morgan fingerprint density at radius 1 is 1.23 bits per heavy atom. The van der Waals surface area contributed by atoms with Crippen molar-refractivity contribution in [2.45, 2.75) is 31.7 Å². The molecule has 9 heteroatoms. The largest absolute Gasteiger partial charge is 0.497 e. The van der Waals surface area contributed by atoms with Gasteiger partial charge in [-0.15, -0.1) is 11.8 Å². The van der Waals surface area contributed by atoms with Crippen molar-refractivity contribution in [3.63, 3.8) is 0 Å². The number of hydrogen-bond donors (Lipinski definition) is 0. The van der Waals surface area contributed by atoms with Crippen molar-refractivity contribution in [2.24, 2.45) is 0 Å². The van der Waals surface area contributed by atoms with Crippen molar-refractivity contribution < 1.29 is 24.0 Å². The van der Waals surface area contributed by atoms with Crippen LogP contribution in [0.5, 0.6) is 5.75 Å². The average molecular weight is 447 g/mol. The molecule has 3 rings (SSSR count). The maximum Gasteiger partial charge on any atom is 0.329 e. The zero-order valence-corrected chi connectivity index (χ0v) is 18.4. The molecule has 2 unspecified atom stereocenters. The van der Waals surface area contributed by atoms with Gasteiger partial charge in [0.2, 0.25) is 12.5 Å². The molecule has 0 N–H and O–H groups in total. The fourth-order valence-corrected chi connectivity index (χ4v) is 4.65. The standard InChI is InChI=1S/C22H26N2O6S/c1-15(16-5-6-18-12-19(29-2)8-7-17(18)11-16)21(25)23-14-31-13-20(23)22(26)30-10-4-3-9-24(27)28/h5-8,11-12,15,20H,3-4,9-10,13-14H2,1-2H3. The van der Waals surface area contributed by atoms with E-state index in [1.807, 2.05) is 43.3 Å². The third-order valence-corrected chi connectivity index (χ3v) is 6.37. The molecule has 0 aliphatic carbocycles. The number of thioether (sulfide) groups is 1. The smallest absolute Gasteiger partial charge is 0.329 e. The van der Waals surface area contributed by atoms with E-state index < -0.39 is 17.9 Å². The zero-order valence-electron chi connectivity index (χ0n) is 17.6. The molecule has 0 saturated carbocycles. The number of methoxy groups -OCH3 is 1. The molecule has 0 spiro atoms. The molecule has 0 bridgehead atoms. The molecule has 1 fully saturated rings. The van der Waals surface area contributed by atoms with Crippen LogP contribution in [0, 0.1) is 10.1 Å². The Hall–Kier alpha value is -2.81. The number of rotatable bonds is 9. The molecule has 1 amide bonds. The molecule has 2 atom stereocenters. The fourth-order valence-electron chi connectivity index (χ4n) is 3.50. The number of nitro groups is 1. The van der Waals surface area contributed by atoms with E-state index in [4.69, 9.17) is 9.47 Å². The van der Waals surface area contributed by atoms with Crippen molar-refractivity contribution in [1.29, 1.82) is 0 Å². The van der Waals surface area contributed by atoms with Crippen LogP contribution in [0.3, 0.4) is 0 Å². The van der Waals surface area contributed by atoms with Gasteiger partial charge in [-0.05, 0) is 41.8 Å². The molecule has 8 nitrogen and oxygen atoms in total. The van der Waals surface area contributed by atoms with Gasteiger partial charge < -0.3 is 14.4 Å². The highest BCUT2D eigenvalue weighted by Crippen LogP contribution is 2.30. The van der Waals surface area contributed by atoms with Gasteiger partial charge in [-0.1, -0.05) is 24.3 Å². The van der Waals surface area contributed by atoms with Gasteiger partial charge in [0, 0.05) is 17.1 Å². The van der Waals surface area contributed by atoms with Crippen LogP contribution in [0.4, 0.5) is 0 Å². The SMILES string of the molecule is COc1ccc2cc(C(C)C(=O)N3CSCC3C(=O)OCCCC[N+](=O)[O-])ccc2c1. The molecule has 0 radical (unpaired) electrons. The number of amides is 1. The Bertz CT molecular complexity index is 966. The van der Waals surface area contributed by atoms with Crippen molar-refractivity contribution in [3.05, 3.63) is 52.1 Å². The van der Waals surface area contributed by atoms with Crippen LogP contribution in [0.1, 0.15) is 31.2 Å². The second-order valence-electron chi connectivity index (χ2n) is 7.45. The molecule has 1 saturated heterocycles. The van der Waals surface area contributed by atoms with Gasteiger partial charge in [0.1, 0.15) is 11.8 Å². The maximum atomic E-state index is 13.2. The summed E-state index contributed by atoms with van der Waals surface area (Å²) in [5, 5.41) is 12.4. The summed E-state index contributed by atoms with van der Waals surface area (Å²) in [7, 11) is 1.62. The zero-order chi connectivity index (χ0) is 22.4. The normalized spacial score (nSPS) is 16.8. The summed E-state index contributed by atoms with van der Waals surface area (Å²) in [6, 6.07) is 11.0. The minimum absolute atomic E-state index is 0.117. The average Bonchev–Trinajstić information content (AvgIpc) is 3.26. The first-order valence-electron chi connectivity index (χ1n) is 10.1. The Labute approximate surface area is 185 Å². The Balaban J connectivity index is 1.63. The second kappa shape index (κ2) is 10.5. The summed E-state index contributed by atoms with van der Waals surface area (Å²) < 4.78 is 10.5. The quantitative estimate of drug-likeness (QED) is 0.252. The summed E-state index contributed by atoms with van der Waals surface area (Å²) in [4.78, 5) is 37.2. The van der Waals surface area contributed by atoms with Crippen molar-refractivity contribution in [2.75, 3.05) is 31.9 Å². The van der Waals surface area contributed by atoms with Gasteiger partial charge in [0.15, 0.2) is 0 Å². The number of benzene rings is 2. The van der Waals surface area contributed by atoms with Crippen molar-refractivity contribution in [3.8, 4) is 5.75 Å². The van der Waals surface area contributed by atoms with Gasteiger partial charge in [0.05, 0.1) is 25.5 Å². The monoisotopic (exact) mass is 446 g/mol. The molecule has 2 aromatic rings. The van der Waals surface area contributed by atoms with Gasteiger partial charge in [0.25, 0.3) is 0 Å². The van der Waals surface area contributed by atoms with Crippen LogP contribution < -0.4 is 4.74 Å². The summed E-state index contributed by atoms with van der Waals surface area (Å²) in [5.74, 6) is 0.739. The third-order valence-electron chi connectivity index (χ3n) is 5.36. The molecule has 1 heterocycles. The number of carbonyl (C=O) groups is 2. The lowest BCUT2D eigenvalue weighted by Crippen LogP contribution is -2.44. The summed E-state index contributed by atoms with van der Waals surface area (Å²) in [6.07, 6.45) is 0.784. The lowest BCUT2D eigenvalue weighted by molar-refractivity contribution is -0.480. The lowest BCUT2D eigenvalue weighted by Gasteiger charge is -2.25. The van der Waals surface area contributed by atoms with Gasteiger partial charge in [-0.3, -0.25) is 14.9 Å². The molecular formula is C22H26N2O6S. The van der Waals surface area contributed by atoms with Gasteiger partial charge in [-0.2, -0.15) is 0 Å². The van der Waals surface area contributed by atoms with Crippen LogP contribution in [-0.2, 0) is 14.3 Å². The highest BCUT2D eigenvalue weighted by atomic mass is 32.2. The van der Waals surface area contributed by atoms with Crippen LogP contribution in [0.25, 0.3) is 10.8 Å². The van der Waals surface area contributed by atoms with E-state index in [1.54, 1.807) is 12.0 Å². The molecule has 1 aliphatic heterocycles. The highest BCUT2D eigenvalue weighted by Gasteiger charge is 2.37. The fraction of sp³-hybridized carbons (Fsp3) is 0.455. The molecule has 166 valence electrons. The topological polar surface area (TPSA) is 99.0 Å². The van der Waals surface area contributed by atoms with Crippen LogP contribution >= 0.6 is 11.8 Å². The van der Waals surface area contributed by atoms with E-state index in [9.17, 15) is 19.7 Å². The number of carbonyl (C=O) groups excluding carboxylic acids is 2. The van der Waals surface area contributed by atoms with Crippen LogP contribution in [0.15, 0.2) is 36.4 Å². The number of esters is 1. The first kappa shape index (κ1) is 22.9. The number of fused-ring (bicyclic) bond motifs is 1. The van der Waals surface area contributed by atoms with Crippen molar-refractivity contribution in [1.82, 2.24) is 4.90 Å². The number of ether oxygens (including phenoxy) is 2. The van der Waals surface area contributed by atoms with E-state index in [2.05, 4.69) is 0 Å². The number of nitrogens with zero attached hydrogens (tertiary/aromatic N) is 2. The van der Waals surface area contributed by atoms with E-state index >= 15 is 0 Å². The predicted octanol–water partition coefficient (Wildman–Crippen LogP) is 3.45. The molecule has 0 aromatic heterocycles. The third kappa shape index (κ3) is 5.66. The Kier molecular flexibility index (Phi) is 7.73. The minimum atomic E-state index is -0.625. The van der Waals surface area contributed by atoms with Gasteiger partial charge >= 0.3 is 5.97 Å². The van der Waals surface area contributed by atoms with E-state index in [-0.39, 0.29) is 24.0 Å². The maximum absolute atomic E-state index is 13.2. The molecule has 31 heavy (non-hydrogen) atoms. The summed E-state index contributed by atoms with van der Waals surface area (Å²) >= 11 is 1.51. The minimum Gasteiger partial charge on any atom is -0.497 e. The Morgan fingerprint density at radius 2 is 1.97 bits per heavy atom. The molecule has 1 aliphatic rings. The van der Waals surface area contributed by atoms with Crippen LogP contribution in [-0.4, -0.2) is 59.6 Å². The lowest BCUT2D eigenvalue weighted by atomic mass is 9.96. The summed E-state index contributed by atoms with van der Waals surface area (Å²) in [6.45, 7) is 1.83. The molecule has 2 aromatic carbocycles. The van der Waals surface area contributed by atoms with Crippen LogP contribution in [0.2, 0.25) is 0 Å². The first-order chi connectivity index (χ1) is 14.9.